The fraction of sp³-hybridized carbons (Fsp3) is 0.455. The first-order valence-electron chi connectivity index (χ1n) is 5.54. The summed E-state index contributed by atoms with van der Waals surface area (Å²) in [5, 5.41) is 8.60. The molecule has 1 heterocycles. The third kappa shape index (κ3) is 2.42. The quantitative estimate of drug-likeness (QED) is 0.830. The molecule has 1 aromatic heterocycles. The highest BCUT2D eigenvalue weighted by atomic mass is 32.2. The maximum Gasteiger partial charge on any atom is 0.342 e. The number of hydrogen-bond donors (Lipinski definition) is 1. The van der Waals surface area contributed by atoms with Gasteiger partial charge in [0.1, 0.15) is 23.0 Å². The lowest BCUT2D eigenvalue weighted by molar-refractivity contribution is 0.0598. The van der Waals surface area contributed by atoms with E-state index < -0.39 is 21.2 Å². The number of furan rings is 1. The summed E-state index contributed by atoms with van der Waals surface area (Å²) in [5.41, 5.74) is -0.216. The molecule has 19 heavy (non-hydrogen) atoms. The molecule has 102 valence electrons. The normalized spacial score (nSPS) is 14.8. The highest BCUT2D eigenvalue weighted by molar-refractivity contribution is 7.93. The molecule has 0 aromatic carbocycles. The van der Waals surface area contributed by atoms with Crippen LogP contribution in [0.4, 0.5) is 5.88 Å². The summed E-state index contributed by atoms with van der Waals surface area (Å²) in [6.45, 7) is 1.46. The molecule has 1 fully saturated rings. The van der Waals surface area contributed by atoms with Gasteiger partial charge in [0.25, 0.3) is 0 Å². The Kier molecular flexibility index (Phi) is 3.24. The van der Waals surface area contributed by atoms with Crippen molar-refractivity contribution in [1.29, 1.82) is 5.26 Å². The van der Waals surface area contributed by atoms with Crippen LogP contribution in [0.2, 0.25) is 0 Å². The summed E-state index contributed by atoms with van der Waals surface area (Å²) in [4.78, 5) is 11.5. The number of ether oxygens (including phenoxy) is 1. The molecule has 2 rings (SSSR count). The van der Waals surface area contributed by atoms with Gasteiger partial charge in [0.05, 0.1) is 12.4 Å². The first-order valence-corrected chi connectivity index (χ1v) is 7.08. The predicted octanol–water partition coefficient (Wildman–Crippen LogP) is 1.15. The van der Waals surface area contributed by atoms with Crippen molar-refractivity contribution in [2.24, 2.45) is 0 Å². The van der Waals surface area contributed by atoms with E-state index in [0.717, 1.165) is 0 Å². The van der Waals surface area contributed by atoms with Crippen molar-refractivity contribution in [3.8, 4) is 6.07 Å². The summed E-state index contributed by atoms with van der Waals surface area (Å²) < 4.78 is 35.5. The molecule has 0 saturated heterocycles. The Morgan fingerprint density at radius 3 is 2.63 bits per heavy atom. The third-order valence-electron chi connectivity index (χ3n) is 2.78. The second kappa shape index (κ2) is 4.59. The number of nitrogens with one attached hydrogen (secondary N) is 1. The zero-order valence-electron chi connectivity index (χ0n) is 10.4. The van der Waals surface area contributed by atoms with E-state index in [1.165, 1.54) is 14.0 Å². The third-order valence-corrected chi connectivity index (χ3v) is 4.60. The van der Waals surface area contributed by atoms with E-state index in [0.29, 0.717) is 12.8 Å². The number of carbonyl (C=O) groups is 1. The van der Waals surface area contributed by atoms with Crippen LogP contribution in [0.1, 0.15) is 34.5 Å². The Morgan fingerprint density at radius 2 is 2.16 bits per heavy atom. The SMILES string of the molecule is COC(=O)c1c(C)oc(NS(=O)(=O)C2CC2)c1C#N. The molecule has 0 aliphatic heterocycles. The van der Waals surface area contributed by atoms with Gasteiger partial charge in [-0.15, -0.1) is 0 Å². The summed E-state index contributed by atoms with van der Waals surface area (Å²) in [6.07, 6.45) is 1.17. The first-order chi connectivity index (χ1) is 8.90. The fourth-order valence-electron chi connectivity index (χ4n) is 1.66. The second-order valence-corrected chi connectivity index (χ2v) is 6.15. The number of nitrogens with zero attached hydrogens (tertiary/aromatic N) is 1. The molecule has 1 aromatic rings. The molecule has 0 spiro atoms. The van der Waals surface area contributed by atoms with Crippen LogP contribution in [0.15, 0.2) is 4.42 Å². The van der Waals surface area contributed by atoms with Crippen molar-refractivity contribution in [3.05, 3.63) is 16.9 Å². The van der Waals surface area contributed by atoms with Crippen LogP contribution in [0, 0.1) is 18.3 Å². The van der Waals surface area contributed by atoms with Crippen LogP contribution in [-0.2, 0) is 14.8 Å². The lowest BCUT2D eigenvalue weighted by Gasteiger charge is -2.03. The lowest BCUT2D eigenvalue weighted by atomic mass is 10.1. The van der Waals surface area contributed by atoms with Gasteiger partial charge in [-0.1, -0.05) is 0 Å². The molecule has 1 N–H and O–H groups in total. The molecule has 7 nitrogen and oxygen atoms in total. The number of methoxy groups -OCH3 is 1. The van der Waals surface area contributed by atoms with Gasteiger partial charge in [0.15, 0.2) is 0 Å². The van der Waals surface area contributed by atoms with Gasteiger partial charge in [-0.2, -0.15) is 5.26 Å². The van der Waals surface area contributed by atoms with Crippen LogP contribution in [0.5, 0.6) is 0 Å². The number of rotatable bonds is 4. The van der Waals surface area contributed by atoms with E-state index in [1.54, 1.807) is 6.07 Å². The van der Waals surface area contributed by atoms with E-state index in [-0.39, 0.29) is 22.8 Å². The van der Waals surface area contributed by atoms with Gasteiger partial charge in [-0.25, -0.2) is 13.2 Å². The van der Waals surface area contributed by atoms with Crippen molar-refractivity contribution in [3.63, 3.8) is 0 Å². The topological polar surface area (TPSA) is 109 Å². The monoisotopic (exact) mass is 284 g/mol. The van der Waals surface area contributed by atoms with Crippen LogP contribution in [-0.4, -0.2) is 26.7 Å². The van der Waals surface area contributed by atoms with Gasteiger partial charge in [-0.05, 0) is 19.8 Å². The fourth-order valence-corrected chi connectivity index (χ4v) is 2.99. The minimum atomic E-state index is -3.56. The minimum Gasteiger partial charge on any atom is -0.465 e. The molecule has 1 aliphatic rings. The van der Waals surface area contributed by atoms with Gasteiger partial charge in [-0.3, -0.25) is 4.72 Å². The van der Waals surface area contributed by atoms with Crippen LogP contribution >= 0.6 is 0 Å². The van der Waals surface area contributed by atoms with Crippen molar-refractivity contribution in [1.82, 2.24) is 0 Å². The highest BCUT2D eigenvalue weighted by Gasteiger charge is 2.37. The second-order valence-electron chi connectivity index (χ2n) is 4.19. The largest absolute Gasteiger partial charge is 0.465 e. The number of hydrogen-bond acceptors (Lipinski definition) is 6. The van der Waals surface area contributed by atoms with E-state index >= 15 is 0 Å². The molecular formula is C11H12N2O5S. The molecule has 8 heteroatoms. The molecule has 0 bridgehead atoms. The smallest absolute Gasteiger partial charge is 0.342 e. The number of aryl methyl sites for hydroxylation is 1. The molecule has 0 amide bonds. The zero-order chi connectivity index (χ0) is 14.2. The lowest BCUT2D eigenvalue weighted by Crippen LogP contribution is -2.17. The average Bonchev–Trinajstić information content (AvgIpc) is 3.14. The molecular weight excluding hydrogens is 272 g/mol. The van der Waals surface area contributed by atoms with E-state index in [1.807, 2.05) is 0 Å². The summed E-state index contributed by atoms with van der Waals surface area (Å²) in [7, 11) is -2.38. The van der Waals surface area contributed by atoms with Crippen LogP contribution < -0.4 is 4.72 Å². The first kappa shape index (κ1) is 13.4. The number of carbonyl (C=O) groups excluding carboxylic acids is 1. The van der Waals surface area contributed by atoms with Crippen molar-refractivity contribution in [2.45, 2.75) is 25.0 Å². The molecule has 0 unspecified atom stereocenters. The highest BCUT2D eigenvalue weighted by Crippen LogP contribution is 2.33. The van der Waals surface area contributed by atoms with E-state index in [2.05, 4.69) is 9.46 Å². The van der Waals surface area contributed by atoms with Gasteiger partial charge in [0, 0.05) is 0 Å². The maximum atomic E-state index is 11.8. The van der Waals surface area contributed by atoms with Gasteiger partial charge < -0.3 is 9.15 Å². The van der Waals surface area contributed by atoms with Crippen LogP contribution in [0.25, 0.3) is 0 Å². The summed E-state index contributed by atoms with van der Waals surface area (Å²) in [6, 6.07) is 1.76. The van der Waals surface area contributed by atoms with Crippen LogP contribution in [0.3, 0.4) is 0 Å². The van der Waals surface area contributed by atoms with E-state index in [4.69, 9.17) is 9.68 Å². The van der Waals surface area contributed by atoms with Crippen molar-refractivity contribution < 1.29 is 22.4 Å². The number of esters is 1. The Hall–Kier alpha value is -2.01. The molecule has 1 saturated carbocycles. The van der Waals surface area contributed by atoms with Crippen molar-refractivity contribution in [2.75, 3.05) is 11.8 Å². The standard InChI is InChI=1S/C11H12N2O5S/c1-6-9(11(14)17-2)8(5-12)10(18-6)13-19(15,16)7-3-4-7/h7,13H,3-4H2,1-2H3. The van der Waals surface area contributed by atoms with Gasteiger partial charge >= 0.3 is 5.97 Å². The Labute approximate surface area is 110 Å². The molecule has 1 aliphatic carbocycles. The molecule has 0 atom stereocenters. The Bertz CT molecular complexity index is 664. The number of sulfonamides is 1. The summed E-state index contributed by atoms with van der Waals surface area (Å²) in [5.74, 6) is -0.834. The minimum absolute atomic E-state index is 0.0569. The molecule has 0 radical (unpaired) electrons. The Balaban J connectivity index is 2.42. The summed E-state index contributed by atoms with van der Waals surface area (Å²) >= 11 is 0. The predicted molar refractivity (Wildman–Crippen MR) is 65.1 cm³/mol. The maximum absolute atomic E-state index is 11.8. The van der Waals surface area contributed by atoms with E-state index in [9.17, 15) is 13.2 Å². The number of anilines is 1. The Morgan fingerprint density at radius 1 is 1.53 bits per heavy atom. The van der Waals surface area contributed by atoms with Gasteiger partial charge in [0.2, 0.25) is 15.9 Å². The average molecular weight is 284 g/mol. The number of nitriles is 1. The van der Waals surface area contributed by atoms with Crippen molar-refractivity contribution >= 4 is 21.9 Å². The zero-order valence-corrected chi connectivity index (χ0v) is 11.2.